The number of carbonyl (C=O) groups excluding carboxylic acids is 1. The summed E-state index contributed by atoms with van der Waals surface area (Å²) in [7, 11) is 0. The Morgan fingerprint density at radius 2 is 1.90 bits per heavy atom. The lowest BCUT2D eigenvalue weighted by Gasteiger charge is -2.10. The SMILES string of the molecule is O=C(CCOc1ccccc1)Nc1cc(Cl)cc(Cl)c1O. The number of para-hydroxylation sites is 1. The van der Waals surface area contributed by atoms with Gasteiger partial charge in [0.15, 0.2) is 5.75 Å². The van der Waals surface area contributed by atoms with E-state index in [0.717, 1.165) is 0 Å². The summed E-state index contributed by atoms with van der Waals surface area (Å²) >= 11 is 11.6. The second-order valence-electron chi connectivity index (χ2n) is 4.24. The largest absolute Gasteiger partial charge is 0.504 e. The summed E-state index contributed by atoms with van der Waals surface area (Å²) in [5, 5.41) is 12.7. The molecule has 0 unspecified atom stereocenters. The molecule has 2 rings (SSSR count). The van der Waals surface area contributed by atoms with Crippen LogP contribution in [-0.2, 0) is 4.79 Å². The number of amides is 1. The van der Waals surface area contributed by atoms with Crippen LogP contribution in [0.25, 0.3) is 0 Å². The van der Waals surface area contributed by atoms with Gasteiger partial charge in [0.05, 0.1) is 23.7 Å². The van der Waals surface area contributed by atoms with Gasteiger partial charge in [-0.25, -0.2) is 0 Å². The van der Waals surface area contributed by atoms with Gasteiger partial charge in [-0.1, -0.05) is 41.4 Å². The van der Waals surface area contributed by atoms with Gasteiger partial charge in [0.1, 0.15) is 5.75 Å². The lowest BCUT2D eigenvalue weighted by atomic mass is 10.2. The first-order chi connectivity index (χ1) is 10.1. The normalized spacial score (nSPS) is 10.2. The molecule has 0 aromatic heterocycles. The Balaban J connectivity index is 1.88. The average Bonchev–Trinajstić information content (AvgIpc) is 2.45. The molecule has 0 aliphatic heterocycles. The van der Waals surface area contributed by atoms with E-state index in [1.165, 1.54) is 12.1 Å². The van der Waals surface area contributed by atoms with E-state index in [9.17, 15) is 9.90 Å². The third-order valence-corrected chi connectivity index (χ3v) is 3.15. The zero-order valence-corrected chi connectivity index (χ0v) is 12.5. The summed E-state index contributed by atoms with van der Waals surface area (Å²) < 4.78 is 5.42. The topological polar surface area (TPSA) is 58.6 Å². The van der Waals surface area contributed by atoms with E-state index in [4.69, 9.17) is 27.9 Å². The maximum Gasteiger partial charge on any atom is 0.227 e. The van der Waals surface area contributed by atoms with Crippen LogP contribution >= 0.6 is 23.2 Å². The van der Waals surface area contributed by atoms with Gasteiger partial charge in [0.25, 0.3) is 0 Å². The maximum atomic E-state index is 11.8. The molecule has 110 valence electrons. The zero-order chi connectivity index (χ0) is 15.2. The van der Waals surface area contributed by atoms with Crippen LogP contribution in [-0.4, -0.2) is 17.6 Å². The first-order valence-corrected chi connectivity index (χ1v) is 6.97. The van der Waals surface area contributed by atoms with Crippen molar-refractivity contribution >= 4 is 34.8 Å². The van der Waals surface area contributed by atoms with Crippen molar-refractivity contribution in [2.45, 2.75) is 6.42 Å². The van der Waals surface area contributed by atoms with E-state index in [2.05, 4.69) is 5.32 Å². The van der Waals surface area contributed by atoms with E-state index in [0.29, 0.717) is 10.8 Å². The molecule has 0 aliphatic carbocycles. The number of rotatable bonds is 5. The molecule has 2 aromatic carbocycles. The molecule has 21 heavy (non-hydrogen) atoms. The standard InChI is InChI=1S/C15H13Cl2NO3/c16-10-8-12(17)15(20)13(9-10)18-14(19)6-7-21-11-4-2-1-3-5-11/h1-5,8-9,20H,6-7H2,(H,18,19). The third kappa shape index (κ3) is 4.55. The molecule has 6 heteroatoms. The number of hydrogen-bond donors (Lipinski definition) is 2. The Hall–Kier alpha value is -1.91. The number of carbonyl (C=O) groups is 1. The molecule has 0 bridgehead atoms. The summed E-state index contributed by atoms with van der Waals surface area (Å²) in [6.07, 6.45) is 0.137. The summed E-state index contributed by atoms with van der Waals surface area (Å²) in [6.45, 7) is 0.227. The Morgan fingerprint density at radius 3 is 2.62 bits per heavy atom. The zero-order valence-electron chi connectivity index (χ0n) is 11.0. The van der Waals surface area contributed by atoms with Gasteiger partial charge in [-0.15, -0.1) is 0 Å². The summed E-state index contributed by atoms with van der Waals surface area (Å²) in [5.41, 5.74) is 0.178. The van der Waals surface area contributed by atoms with E-state index in [1.807, 2.05) is 18.2 Å². The number of ether oxygens (including phenoxy) is 1. The summed E-state index contributed by atoms with van der Waals surface area (Å²) in [4.78, 5) is 11.8. The maximum absolute atomic E-state index is 11.8. The van der Waals surface area contributed by atoms with Crippen molar-refractivity contribution in [3.05, 3.63) is 52.5 Å². The van der Waals surface area contributed by atoms with Gasteiger partial charge in [-0.3, -0.25) is 4.79 Å². The van der Waals surface area contributed by atoms with Gasteiger partial charge < -0.3 is 15.2 Å². The molecular formula is C15H13Cl2NO3. The highest BCUT2D eigenvalue weighted by Gasteiger charge is 2.11. The summed E-state index contributed by atoms with van der Waals surface area (Å²) in [6, 6.07) is 12.0. The van der Waals surface area contributed by atoms with Crippen LogP contribution in [0.4, 0.5) is 5.69 Å². The van der Waals surface area contributed by atoms with Crippen LogP contribution in [0.2, 0.25) is 10.0 Å². The first kappa shape index (κ1) is 15.5. The van der Waals surface area contributed by atoms with Gasteiger partial charge in [0, 0.05) is 5.02 Å². The minimum absolute atomic E-state index is 0.0818. The first-order valence-electron chi connectivity index (χ1n) is 6.22. The van der Waals surface area contributed by atoms with Crippen molar-refractivity contribution in [2.24, 2.45) is 0 Å². The smallest absolute Gasteiger partial charge is 0.227 e. The molecule has 2 aromatic rings. The molecule has 0 saturated heterocycles. The minimum atomic E-state index is -0.306. The molecular weight excluding hydrogens is 313 g/mol. The van der Waals surface area contributed by atoms with Crippen LogP contribution in [0.15, 0.2) is 42.5 Å². The quantitative estimate of drug-likeness (QED) is 0.813. The average molecular weight is 326 g/mol. The van der Waals surface area contributed by atoms with Crippen LogP contribution in [0.3, 0.4) is 0 Å². The molecule has 1 amide bonds. The molecule has 0 aliphatic rings. The predicted molar refractivity (Wildman–Crippen MR) is 83.3 cm³/mol. The molecule has 0 spiro atoms. The van der Waals surface area contributed by atoms with E-state index in [1.54, 1.807) is 12.1 Å². The minimum Gasteiger partial charge on any atom is -0.504 e. The molecule has 0 atom stereocenters. The molecule has 0 saturated carbocycles. The lowest BCUT2D eigenvalue weighted by Crippen LogP contribution is -2.15. The number of halogens is 2. The number of benzene rings is 2. The predicted octanol–water partition coefficient (Wildman–Crippen LogP) is 4.11. The fraction of sp³-hybridized carbons (Fsp3) is 0.133. The highest BCUT2D eigenvalue weighted by atomic mass is 35.5. The van der Waals surface area contributed by atoms with Crippen LogP contribution in [0.1, 0.15) is 6.42 Å². The number of phenols is 1. The second kappa shape index (κ2) is 7.20. The molecule has 0 heterocycles. The Morgan fingerprint density at radius 1 is 1.19 bits per heavy atom. The van der Waals surface area contributed by atoms with Crippen molar-refractivity contribution in [2.75, 3.05) is 11.9 Å². The highest BCUT2D eigenvalue weighted by molar-refractivity contribution is 6.36. The number of anilines is 1. The van der Waals surface area contributed by atoms with Crippen LogP contribution in [0.5, 0.6) is 11.5 Å². The van der Waals surface area contributed by atoms with Crippen LogP contribution < -0.4 is 10.1 Å². The molecule has 0 radical (unpaired) electrons. The van der Waals surface area contributed by atoms with E-state index >= 15 is 0 Å². The van der Waals surface area contributed by atoms with Crippen molar-refractivity contribution < 1.29 is 14.6 Å². The second-order valence-corrected chi connectivity index (χ2v) is 5.09. The lowest BCUT2D eigenvalue weighted by molar-refractivity contribution is -0.116. The number of aromatic hydroxyl groups is 1. The fourth-order valence-electron chi connectivity index (χ4n) is 1.65. The van der Waals surface area contributed by atoms with Crippen molar-refractivity contribution in [1.82, 2.24) is 0 Å². The van der Waals surface area contributed by atoms with Gasteiger partial charge >= 0.3 is 0 Å². The highest BCUT2D eigenvalue weighted by Crippen LogP contribution is 2.35. The molecule has 0 fully saturated rings. The Bertz CT molecular complexity index is 632. The van der Waals surface area contributed by atoms with Crippen molar-refractivity contribution in [1.29, 1.82) is 0 Å². The third-order valence-electron chi connectivity index (χ3n) is 2.64. The Kier molecular flexibility index (Phi) is 5.31. The van der Waals surface area contributed by atoms with E-state index in [-0.39, 0.29) is 35.4 Å². The number of hydrogen-bond acceptors (Lipinski definition) is 3. The molecule has 2 N–H and O–H groups in total. The fourth-order valence-corrected chi connectivity index (χ4v) is 2.15. The van der Waals surface area contributed by atoms with Crippen molar-refractivity contribution in [3.63, 3.8) is 0 Å². The number of nitrogens with one attached hydrogen (secondary N) is 1. The number of phenolic OH excluding ortho intramolecular Hbond substituents is 1. The summed E-state index contributed by atoms with van der Waals surface area (Å²) in [5.74, 6) is 0.178. The van der Waals surface area contributed by atoms with E-state index < -0.39 is 0 Å². The van der Waals surface area contributed by atoms with Gasteiger partial charge in [-0.05, 0) is 24.3 Å². The molecule has 4 nitrogen and oxygen atoms in total. The van der Waals surface area contributed by atoms with Gasteiger partial charge in [0.2, 0.25) is 5.91 Å². The van der Waals surface area contributed by atoms with Crippen molar-refractivity contribution in [3.8, 4) is 11.5 Å². The Labute approximate surface area is 132 Å². The van der Waals surface area contributed by atoms with Gasteiger partial charge in [-0.2, -0.15) is 0 Å². The monoisotopic (exact) mass is 325 g/mol. The van der Waals surface area contributed by atoms with Crippen LogP contribution in [0, 0.1) is 0 Å².